The SMILES string of the molecule is CCOc1ccccc1OCCn1c(CCCCCNC(=O)CC)nc2ccccc21. The fraction of sp³-hybridized carbons (Fsp3) is 0.440. The van der Waals surface area contributed by atoms with Crippen LogP contribution in [0, 0.1) is 0 Å². The van der Waals surface area contributed by atoms with E-state index >= 15 is 0 Å². The number of amides is 1. The standard InChI is InChI=1S/C25H33N3O3/c1-3-25(29)26-17-11-5-6-16-24-27-20-12-7-8-13-21(20)28(24)18-19-31-23-15-10-9-14-22(23)30-4-2/h7-10,12-15H,3-6,11,16-19H2,1-2H3,(H,26,29). The lowest BCUT2D eigenvalue weighted by Crippen LogP contribution is -2.23. The zero-order chi connectivity index (χ0) is 21.9. The number of rotatable bonds is 13. The van der Waals surface area contributed by atoms with E-state index in [1.807, 2.05) is 50.2 Å². The Hall–Kier alpha value is -3.02. The summed E-state index contributed by atoms with van der Waals surface area (Å²) in [4.78, 5) is 16.2. The lowest BCUT2D eigenvalue weighted by molar-refractivity contribution is -0.120. The van der Waals surface area contributed by atoms with E-state index in [-0.39, 0.29) is 5.91 Å². The highest BCUT2D eigenvalue weighted by Crippen LogP contribution is 2.26. The van der Waals surface area contributed by atoms with E-state index in [0.29, 0.717) is 19.6 Å². The maximum absolute atomic E-state index is 11.3. The van der Waals surface area contributed by atoms with Crippen molar-refractivity contribution >= 4 is 16.9 Å². The second-order valence-corrected chi connectivity index (χ2v) is 7.41. The highest BCUT2D eigenvalue weighted by molar-refractivity contribution is 5.76. The Bertz CT molecular complexity index is 968. The smallest absolute Gasteiger partial charge is 0.219 e. The second-order valence-electron chi connectivity index (χ2n) is 7.41. The molecule has 0 spiro atoms. The molecule has 0 saturated carbocycles. The van der Waals surface area contributed by atoms with Gasteiger partial charge in [0, 0.05) is 19.4 Å². The molecule has 166 valence electrons. The third-order valence-electron chi connectivity index (χ3n) is 5.18. The summed E-state index contributed by atoms with van der Waals surface area (Å²) in [5.41, 5.74) is 2.15. The molecule has 1 amide bonds. The number of nitrogens with one attached hydrogen (secondary N) is 1. The van der Waals surface area contributed by atoms with Crippen LogP contribution < -0.4 is 14.8 Å². The second kappa shape index (κ2) is 12.0. The summed E-state index contributed by atoms with van der Waals surface area (Å²) in [6, 6.07) is 16.0. The Kier molecular flexibility index (Phi) is 8.76. The monoisotopic (exact) mass is 423 g/mol. The van der Waals surface area contributed by atoms with E-state index in [1.165, 1.54) is 0 Å². The molecule has 3 aromatic rings. The number of ether oxygens (including phenoxy) is 2. The maximum atomic E-state index is 11.3. The van der Waals surface area contributed by atoms with Gasteiger partial charge >= 0.3 is 0 Å². The average molecular weight is 424 g/mol. The highest BCUT2D eigenvalue weighted by Gasteiger charge is 2.11. The summed E-state index contributed by atoms with van der Waals surface area (Å²) >= 11 is 0. The van der Waals surface area contributed by atoms with E-state index in [0.717, 1.165) is 67.1 Å². The molecular formula is C25H33N3O3. The summed E-state index contributed by atoms with van der Waals surface area (Å²) < 4.78 is 14.0. The van der Waals surface area contributed by atoms with Gasteiger partial charge in [0.15, 0.2) is 11.5 Å². The fourth-order valence-electron chi connectivity index (χ4n) is 3.59. The van der Waals surface area contributed by atoms with Crippen molar-refractivity contribution < 1.29 is 14.3 Å². The summed E-state index contributed by atoms with van der Waals surface area (Å²) in [6.07, 6.45) is 4.54. The van der Waals surface area contributed by atoms with Crippen molar-refractivity contribution in [3.8, 4) is 11.5 Å². The first-order valence-corrected chi connectivity index (χ1v) is 11.3. The van der Waals surface area contributed by atoms with Gasteiger partial charge < -0.3 is 19.4 Å². The molecule has 0 aliphatic rings. The van der Waals surface area contributed by atoms with Crippen molar-refractivity contribution in [2.45, 2.75) is 52.5 Å². The van der Waals surface area contributed by atoms with Crippen LogP contribution in [0.4, 0.5) is 0 Å². The van der Waals surface area contributed by atoms with E-state index in [1.54, 1.807) is 0 Å². The molecule has 3 rings (SSSR count). The fourth-order valence-corrected chi connectivity index (χ4v) is 3.59. The van der Waals surface area contributed by atoms with Crippen molar-refractivity contribution in [2.75, 3.05) is 19.8 Å². The molecule has 1 aromatic heterocycles. The number of hydrogen-bond acceptors (Lipinski definition) is 4. The molecule has 6 nitrogen and oxygen atoms in total. The number of nitrogens with zero attached hydrogens (tertiary/aromatic N) is 2. The molecule has 0 bridgehead atoms. The number of unbranched alkanes of at least 4 members (excludes halogenated alkanes) is 2. The van der Waals surface area contributed by atoms with Gasteiger partial charge in [-0.2, -0.15) is 0 Å². The molecule has 6 heteroatoms. The normalized spacial score (nSPS) is 10.9. The highest BCUT2D eigenvalue weighted by atomic mass is 16.5. The zero-order valence-corrected chi connectivity index (χ0v) is 18.6. The van der Waals surface area contributed by atoms with Crippen LogP contribution in [0.1, 0.15) is 45.4 Å². The summed E-state index contributed by atoms with van der Waals surface area (Å²) in [7, 11) is 0. The van der Waals surface area contributed by atoms with Crippen LogP contribution >= 0.6 is 0 Å². The minimum absolute atomic E-state index is 0.118. The number of imidazole rings is 1. The van der Waals surface area contributed by atoms with Gasteiger partial charge in [0.1, 0.15) is 12.4 Å². The third kappa shape index (κ3) is 6.48. The van der Waals surface area contributed by atoms with E-state index < -0.39 is 0 Å². The minimum Gasteiger partial charge on any atom is -0.490 e. The number of fused-ring (bicyclic) bond motifs is 1. The van der Waals surface area contributed by atoms with Crippen molar-refractivity contribution in [3.63, 3.8) is 0 Å². The minimum atomic E-state index is 0.118. The molecule has 2 aromatic carbocycles. The maximum Gasteiger partial charge on any atom is 0.219 e. The van der Waals surface area contributed by atoms with Crippen LogP contribution in [-0.2, 0) is 17.8 Å². The number of carbonyl (C=O) groups is 1. The number of para-hydroxylation sites is 4. The molecule has 31 heavy (non-hydrogen) atoms. The molecular weight excluding hydrogens is 390 g/mol. The summed E-state index contributed by atoms with van der Waals surface area (Å²) in [5.74, 6) is 2.74. The lowest BCUT2D eigenvalue weighted by Gasteiger charge is -2.13. The van der Waals surface area contributed by atoms with Gasteiger partial charge in [-0.3, -0.25) is 4.79 Å². The van der Waals surface area contributed by atoms with Crippen LogP contribution in [-0.4, -0.2) is 35.2 Å². The topological polar surface area (TPSA) is 65.4 Å². The van der Waals surface area contributed by atoms with Crippen LogP contribution in [0.3, 0.4) is 0 Å². The number of carbonyl (C=O) groups excluding carboxylic acids is 1. The third-order valence-corrected chi connectivity index (χ3v) is 5.18. The molecule has 0 radical (unpaired) electrons. The van der Waals surface area contributed by atoms with Crippen LogP contribution in [0.2, 0.25) is 0 Å². The largest absolute Gasteiger partial charge is 0.490 e. The number of benzene rings is 2. The Morgan fingerprint density at radius 1 is 0.968 bits per heavy atom. The average Bonchev–Trinajstić information content (AvgIpc) is 3.14. The van der Waals surface area contributed by atoms with Crippen molar-refractivity contribution in [2.24, 2.45) is 0 Å². The Balaban J connectivity index is 1.58. The number of aromatic nitrogens is 2. The number of hydrogen-bond donors (Lipinski definition) is 1. The van der Waals surface area contributed by atoms with Gasteiger partial charge in [0.05, 0.1) is 24.2 Å². The predicted octanol–water partition coefficient (Wildman–Crippen LogP) is 4.75. The molecule has 0 unspecified atom stereocenters. The van der Waals surface area contributed by atoms with E-state index in [4.69, 9.17) is 14.5 Å². The molecule has 0 saturated heterocycles. The summed E-state index contributed by atoms with van der Waals surface area (Å²) in [6.45, 7) is 6.47. The Morgan fingerprint density at radius 2 is 1.71 bits per heavy atom. The lowest BCUT2D eigenvalue weighted by atomic mass is 10.2. The predicted molar refractivity (Wildman–Crippen MR) is 124 cm³/mol. The molecule has 0 fully saturated rings. The van der Waals surface area contributed by atoms with Crippen LogP contribution in [0.15, 0.2) is 48.5 Å². The van der Waals surface area contributed by atoms with Crippen LogP contribution in [0.5, 0.6) is 11.5 Å². The molecule has 1 heterocycles. The van der Waals surface area contributed by atoms with Gasteiger partial charge in [0.25, 0.3) is 0 Å². The molecule has 0 atom stereocenters. The van der Waals surface area contributed by atoms with Crippen LogP contribution in [0.25, 0.3) is 11.0 Å². The van der Waals surface area contributed by atoms with E-state index in [9.17, 15) is 4.79 Å². The first-order valence-electron chi connectivity index (χ1n) is 11.3. The van der Waals surface area contributed by atoms with Crippen molar-refractivity contribution in [3.05, 3.63) is 54.4 Å². The van der Waals surface area contributed by atoms with Gasteiger partial charge in [-0.15, -0.1) is 0 Å². The Labute approximate surface area is 184 Å². The van der Waals surface area contributed by atoms with Crippen molar-refractivity contribution in [1.29, 1.82) is 0 Å². The molecule has 0 aliphatic heterocycles. The van der Waals surface area contributed by atoms with E-state index in [2.05, 4.69) is 22.0 Å². The molecule has 1 N–H and O–H groups in total. The zero-order valence-electron chi connectivity index (χ0n) is 18.6. The van der Waals surface area contributed by atoms with Gasteiger partial charge in [0.2, 0.25) is 5.91 Å². The first-order chi connectivity index (χ1) is 15.2. The van der Waals surface area contributed by atoms with Gasteiger partial charge in [-0.25, -0.2) is 4.98 Å². The van der Waals surface area contributed by atoms with Gasteiger partial charge in [-0.05, 0) is 44.0 Å². The summed E-state index contributed by atoms with van der Waals surface area (Å²) in [5, 5.41) is 2.93. The first kappa shape index (κ1) is 22.7. The van der Waals surface area contributed by atoms with Crippen molar-refractivity contribution in [1.82, 2.24) is 14.9 Å². The number of aryl methyl sites for hydroxylation is 1. The quantitative estimate of drug-likeness (QED) is 0.403. The Morgan fingerprint density at radius 3 is 2.48 bits per heavy atom. The molecule has 0 aliphatic carbocycles. The van der Waals surface area contributed by atoms with Gasteiger partial charge in [-0.1, -0.05) is 37.6 Å².